The third-order valence-electron chi connectivity index (χ3n) is 4.00. The zero-order valence-corrected chi connectivity index (χ0v) is 11.7. The summed E-state index contributed by atoms with van der Waals surface area (Å²) in [5.41, 5.74) is 7.79. The van der Waals surface area contributed by atoms with E-state index in [4.69, 9.17) is 10.2 Å². The van der Waals surface area contributed by atoms with Gasteiger partial charge in [-0.25, -0.2) is 0 Å². The van der Waals surface area contributed by atoms with Crippen molar-refractivity contribution >= 4 is 16.9 Å². The van der Waals surface area contributed by atoms with Gasteiger partial charge in [-0.1, -0.05) is 11.6 Å². The molecule has 20 heavy (non-hydrogen) atoms. The minimum Gasteiger partial charge on any atom is -0.451 e. The molecule has 4 nitrogen and oxygen atoms in total. The Labute approximate surface area is 118 Å². The standard InChI is InChI=1S/C16H20N2O2/c1-10-2-7-14-11(8-10)9-15(20-14)16(19)18-13-5-3-12(17)4-6-13/h2,7-9,12-13H,3-6,17H2,1H3,(H,18,19). The van der Waals surface area contributed by atoms with Gasteiger partial charge in [-0.3, -0.25) is 4.79 Å². The predicted octanol–water partition coefficient (Wildman–Crippen LogP) is 2.74. The Kier molecular flexibility index (Phi) is 3.49. The first kappa shape index (κ1) is 13.2. The first-order chi connectivity index (χ1) is 9.61. The van der Waals surface area contributed by atoms with Crippen molar-refractivity contribution in [3.8, 4) is 0 Å². The molecule has 0 aliphatic heterocycles. The van der Waals surface area contributed by atoms with Gasteiger partial charge in [-0.05, 0) is 50.8 Å². The number of benzene rings is 1. The molecule has 0 bridgehead atoms. The van der Waals surface area contributed by atoms with Crippen LogP contribution in [0.2, 0.25) is 0 Å². The summed E-state index contributed by atoms with van der Waals surface area (Å²) >= 11 is 0. The van der Waals surface area contributed by atoms with E-state index < -0.39 is 0 Å². The first-order valence-electron chi connectivity index (χ1n) is 7.18. The second kappa shape index (κ2) is 5.29. The molecule has 3 rings (SSSR count). The van der Waals surface area contributed by atoms with Gasteiger partial charge < -0.3 is 15.5 Å². The molecule has 1 saturated carbocycles. The van der Waals surface area contributed by atoms with Crippen LogP contribution in [-0.2, 0) is 0 Å². The molecule has 1 fully saturated rings. The van der Waals surface area contributed by atoms with Crippen LogP contribution in [0.1, 0.15) is 41.8 Å². The van der Waals surface area contributed by atoms with Crippen molar-refractivity contribution in [1.29, 1.82) is 0 Å². The van der Waals surface area contributed by atoms with E-state index in [0.29, 0.717) is 5.76 Å². The predicted molar refractivity (Wildman–Crippen MR) is 78.6 cm³/mol. The SMILES string of the molecule is Cc1ccc2oc(C(=O)NC3CCC(N)CC3)cc2c1. The van der Waals surface area contributed by atoms with Crippen molar-refractivity contribution in [2.45, 2.75) is 44.7 Å². The average Bonchev–Trinajstić information content (AvgIpc) is 2.84. The third-order valence-corrected chi connectivity index (χ3v) is 4.00. The Morgan fingerprint density at radius 2 is 2.00 bits per heavy atom. The highest BCUT2D eigenvalue weighted by Gasteiger charge is 2.22. The topological polar surface area (TPSA) is 68.3 Å². The molecular formula is C16H20N2O2. The molecule has 1 aromatic carbocycles. The van der Waals surface area contributed by atoms with E-state index >= 15 is 0 Å². The number of furan rings is 1. The van der Waals surface area contributed by atoms with Gasteiger partial charge in [0.15, 0.2) is 5.76 Å². The molecule has 0 spiro atoms. The van der Waals surface area contributed by atoms with Gasteiger partial charge in [0.2, 0.25) is 0 Å². The zero-order valence-electron chi connectivity index (χ0n) is 11.7. The molecule has 0 atom stereocenters. The molecule has 0 saturated heterocycles. The van der Waals surface area contributed by atoms with E-state index in [-0.39, 0.29) is 18.0 Å². The molecule has 1 heterocycles. The Balaban J connectivity index is 1.72. The van der Waals surface area contributed by atoms with Crippen LogP contribution in [0, 0.1) is 6.92 Å². The Bertz CT molecular complexity index is 624. The Morgan fingerprint density at radius 1 is 1.25 bits per heavy atom. The highest BCUT2D eigenvalue weighted by atomic mass is 16.3. The molecule has 2 aromatic rings. The van der Waals surface area contributed by atoms with Crippen LogP contribution in [0.5, 0.6) is 0 Å². The van der Waals surface area contributed by atoms with Gasteiger partial charge >= 0.3 is 0 Å². The quantitative estimate of drug-likeness (QED) is 0.883. The van der Waals surface area contributed by atoms with Gasteiger partial charge in [0.1, 0.15) is 5.58 Å². The Hall–Kier alpha value is -1.81. The average molecular weight is 272 g/mol. The number of aryl methyl sites for hydroxylation is 1. The fourth-order valence-electron chi connectivity index (χ4n) is 2.79. The summed E-state index contributed by atoms with van der Waals surface area (Å²) in [6, 6.07) is 8.23. The van der Waals surface area contributed by atoms with Gasteiger partial charge in [0, 0.05) is 17.5 Å². The van der Waals surface area contributed by atoms with Crippen molar-refractivity contribution in [2.75, 3.05) is 0 Å². The van der Waals surface area contributed by atoms with E-state index in [1.54, 1.807) is 0 Å². The molecule has 1 aromatic heterocycles. The second-order valence-electron chi connectivity index (χ2n) is 5.74. The molecule has 106 valence electrons. The molecule has 1 amide bonds. The van der Waals surface area contributed by atoms with Crippen molar-refractivity contribution < 1.29 is 9.21 Å². The van der Waals surface area contributed by atoms with Gasteiger partial charge in [-0.2, -0.15) is 0 Å². The molecule has 1 aliphatic rings. The lowest BCUT2D eigenvalue weighted by Gasteiger charge is -2.26. The number of rotatable bonds is 2. The minimum absolute atomic E-state index is 0.126. The fourth-order valence-corrected chi connectivity index (χ4v) is 2.79. The summed E-state index contributed by atoms with van der Waals surface area (Å²) in [5.74, 6) is 0.264. The number of hydrogen-bond acceptors (Lipinski definition) is 3. The van der Waals surface area contributed by atoms with E-state index in [1.807, 2.05) is 31.2 Å². The van der Waals surface area contributed by atoms with Crippen LogP contribution in [0.25, 0.3) is 11.0 Å². The minimum atomic E-state index is -0.126. The maximum absolute atomic E-state index is 12.2. The molecule has 0 unspecified atom stereocenters. The van der Waals surface area contributed by atoms with Crippen molar-refractivity contribution in [3.63, 3.8) is 0 Å². The molecule has 4 heteroatoms. The monoisotopic (exact) mass is 272 g/mol. The summed E-state index contributed by atoms with van der Waals surface area (Å²) in [7, 11) is 0. The maximum atomic E-state index is 12.2. The first-order valence-corrected chi connectivity index (χ1v) is 7.18. The highest BCUT2D eigenvalue weighted by molar-refractivity contribution is 5.96. The summed E-state index contributed by atoms with van der Waals surface area (Å²) in [6.45, 7) is 2.03. The lowest BCUT2D eigenvalue weighted by atomic mass is 9.92. The van der Waals surface area contributed by atoms with Crippen molar-refractivity contribution in [1.82, 2.24) is 5.32 Å². The normalized spacial score (nSPS) is 22.9. The second-order valence-corrected chi connectivity index (χ2v) is 5.74. The number of nitrogens with two attached hydrogens (primary N) is 1. The number of carbonyl (C=O) groups excluding carboxylic acids is 1. The van der Waals surface area contributed by atoms with Crippen molar-refractivity contribution in [3.05, 3.63) is 35.6 Å². The molecule has 3 N–H and O–H groups in total. The van der Waals surface area contributed by atoms with E-state index in [2.05, 4.69) is 5.32 Å². The van der Waals surface area contributed by atoms with Crippen LogP contribution in [0.4, 0.5) is 0 Å². The molecule has 1 aliphatic carbocycles. The van der Waals surface area contributed by atoms with Crippen LogP contribution in [-0.4, -0.2) is 18.0 Å². The highest BCUT2D eigenvalue weighted by Crippen LogP contribution is 2.22. The maximum Gasteiger partial charge on any atom is 0.287 e. The molecular weight excluding hydrogens is 252 g/mol. The number of fused-ring (bicyclic) bond motifs is 1. The van der Waals surface area contributed by atoms with E-state index in [1.165, 1.54) is 0 Å². The van der Waals surface area contributed by atoms with Gasteiger partial charge in [-0.15, -0.1) is 0 Å². The number of amides is 1. The van der Waals surface area contributed by atoms with Crippen LogP contribution in [0.3, 0.4) is 0 Å². The van der Waals surface area contributed by atoms with E-state index in [9.17, 15) is 4.79 Å². The Morgan fingerprint density at radius 3 is 2.75 bits per heavy atom. The molecule has 0 radical (unpaired) electrons. The summed E-state index contributed by atoms with van der Waals surface area (Å²) in [4.78, 5) is 12.2. The third kappa shape index (κ3) is 2.70. The largest absolute Gasteiger partial charge is 0.451 e. The summed E-state index contributed by atoms with van der Waals surface area (Å²) in [5, 5.41) is 4.02. The summed E-state index contributed by atoms with van der Waals surface area (Å²) in [6.07, 6.45) is 3.85. The summed E-state index contributed by atoms with van der Waals surface area (Å²) < 4.78 is 5.61. The van der Waals surface area contributed by atoms with Gasteiger partial charge in [0.25, 0.3) is 5.91 Å². The number of hydrogen-bond donors (Lipinski definition) is 2. The van der Waals surface area contributed by atoms with Crippen LogP contribution >= 0.6 is 0 Å². The number of carbonyl (C=O) groups is 1. The zero-order chi connectivity index (χ0) is 14.1. The fraction of sp³-hybridized carbons (Fsp3) is 0.438. The van der Waals surface area contributed by atoms with Crippen molar-refractivity contribution in [2.24, 2.45) is 5.73 Å². The van der Waals surface area contributed by atoms with Crippen LogP contribution in [0.15, 0.2) is 28.7 Å². The van der Waals surface area contributed by atoms with Gasteiger partial charge in [0.05, 0.1) is 0 Å². The lowest BCUT2D eigenvalue weighted by Crippen LogP contribution is -2.40. The smallest absolute Gasteiger partial charge is 0.287 e. The van der Waals surface area contributed by atoms with Crippen LogP contribution < -0.4 is 11.1 Å². The number of nitrogens with one attached hydrogen (secondary N) is 1. The van der Waals surface area contributed by atoms with E-state index in [0.717, 1.165) is 42.2 Å². The lowest BCUT2D eigenvalue weighted by molar-refractivity contribution is 0.0900.